The first-order valence-electron chi connectivity index (χ1n) is 10.8. The molecule has 2 aliphatic rings. The minimum absolute atomic E-state index is 0.0124. The number of aliphatic imine (C=N–C) groups is 1. The zero-order chi connectivity index (χ0) is 23.3. The minimum Gasteiger partial charge on any atom is -0.492 e. The standard InChI is InChI=1S/C23H34N6O3/c1-16(13-20(25-15-24)28-9-11-29(12-10-28)21(31)14-30)22-18(3)19(26-27-22)6-5-17(2)32-23(4)7-8-23/h5-6,13,15,21,26,30-31H,1,3,7-12,14H2,2,4H3,(H2,24,25)/b17-5+,19-6+,20-13+/t21-/m0/s1. The lowest BCUT2D eigenvalue weighted by molar-refractivity contribution is -0.0515. The summed E-state index contributed by atoms with van der Waals surface area (Å²) in [6.45, 7) is 14.5. The highest BCUT2D eigenvalue weighted by Crippen LogP contribution is 2.40. The van der Waals surface area contributed by atoms with Crippen LogP contribution in [0.3, 0.4) is 0 Å². The van der Waals surface area contributed by atoms with Gasteiger partial charge in [-0.1, -0.05) is 13.2 Å². The van der Waals surface area contributed by atoms with Crippen LogP contribution in [-0.2, 0) is 4.74 Å². The van der Waals surface area contributed by atoms with Gasteiger partial charge in [-0.3, -0.25) is 10.00 Å². The summed E-state index contributed by atoms with van der Waals surface area (Å²) in [7, 11) is 0. The van der Waals surface area contributed by atoms with Crippen LogP contribution in [0, 0.1) is 0 Å². The van der Waals surface area contributed by atoms with Crippen molar-refractivity contribution in [1.82, 2.24) is 20.0 Å². The first-order valence-corrected chi connectivity index (χ1v) is 10.8. The number of aromatic amines is 1. The van der Waals surface area contributed by atoms with E-state index in [2.05, 4.69) is 40.2 Å². The number of hydrogen-bond donors (Lipinski definition) is 4. The fraction of sp³-hybridized carbons (Fsp3) is 0.478. The van der Waals surface area contributed by atoms with Crippen LogP contribution < -0.4 is 16.3 Å². The summed E-state index contributed by atoms with van der Waals surface area (Å²) in [5.74, 6) is 1.51. The highest BCUT2D eigenvalue weighted by atomic mass is 16.5. The van der Waals surface area contributed by atoms with Gasteiger partial charge in [-0.05, 0) is 50.5 Å². The van der Waals surface area contributed by atoms with Crippen molar-refractivity contribution in [1.29, 1.82) is 0 Å². The number of nitrogens with zero attached hydrogens (tertiary/aromatic N) is 4. The molecule has 9 heteroatoms. The SMILES string of the molecule is C=C(/C=C(\N=C/N)N1CCN([C@@H](O)CO)CC1)c1n[nH]/c(=C/C=C(\C)OC2(C)CC2)c1=C. The molecule has 1 saturated carbocycles. The number of ether oxygens (including phenoxy) is 1. The Morgan fingerprint density at radius 2 is 2.06 bits per heavy atom. The van der Waals surface area contributed by atoms with Crippen LogP contribution in [0.25, 0.3) is 18.2 Å². The smallest absolute Gasteiger partial charge is 0.130 e. The van der Waals surface area contributed by atoms with Crippen molar-refractivity contribution < 1.29 is 14.9 Å². The molecule has 1 atom stereocenters. The van der Waals surface area contributed by atoms with Gasteiger partial charge >= 0.3 is 0 Å². The number of aliphatic hydroxyl groups is 2. The van der Waals surface area contributed by atoms with Crippen LogP contribution in [0.2, 0.25) is 0 Å². The lowest BCUT2D eigenvalue weighted by Crippen LogP contribution is -2.50. The van der Waals surface area contributed by atoms with Crippen LogP contribution >= 0.6 is 0 Å². The molecule has 1 saturated heterocycles. The largest absolute Gasteiger partial charge is 0.492 e. The molecular formula is C23H34N6O3. The van der Waals surface area contributed by atoms with Gasteiger partial charge in [-0.15, -0.1) is 0 Å². The molecule has 0 amide bonds. The van der Waals surface area contributed by atoms with E-state index in [-0.39, 0.29) is 12.2 Å². The second kappa shape index (κ2) is 10.2. The number of rotatable bonds is 9. The highest BCUT2D eigenvalue weighted by Gasteiger charge is 2.39. The topological polar surface area (TPSA) is 123 Å². The van der Waals surface area contributed by atoms with E-state index in [0.29, 0.717) is 43.3 Å². The number of H-pyrrole nitrogens is 1. The molecule has 5 N–H and O–H groups in total. The number of hydrogen-bond acceptors (Lipinski definition) is 7. The third-order valence-corrected chi connectivity index (χ3v) is 5.78. The molecule has 0 unspecified atom stereocenters. The van der Waals surface area contributed by atoms with E-state index >= 15 is 0 Å². The third-order valence-electron chi connectivity index (χ3n) is 5.78. The summed E-state index contributed by atoms with van der Waals surface area (Å²) in [6.07, 6.45) is 8.22. The number of nitrogens with two attached hydrogens (primary N) is 1. The molecular weight excluding hydrogens is 408 g/mol. The fourth-order valence-electron chi connectivity index (χ4n) is 3.56. The van der Waals surface area contributed by atoms with Crippen molar-refractivity contribution in [3.05, 3.63) is 46.6 Å². The number of aliphatic hydroxyl groups excluding tert-OH is 2. The Morgan fingerprint density at radius 3 is 2.66 bits per heavy atom. The molecule has 1 aromatic heterocycles. The van der Waals surface area contributed by atoms with E-state index in [0.717, 1.165) is 29.2 Å². The average molecular weight is 443 g/mol. The number of piperazine rings is 1. The molecule has 2 heterocycles. The van der Waals surface area contributed by atoms with Crippen molar-refractivity contribution >= 4 is 24.6 Å². The third kappa shape index (κ3) is 5.87. The Balaban J connectivity index is 1.73. The Kier molecular flexibility index (Phi) is 7.55. The van der Waals surface area contributed by atoms with Crippen molar-refractivity contribution in [2.24, 2.45) is 10.7 Å². The minimum atomic E-state index is -0.847. The molecule has 0 spiro atoms. The first-order chi connectivity index (χ1) is 15.3. The molecule has 1 aromatic rings. The van der Waals surface area contributed by atoms with Gasteiger partial charge in [0.2, 0.25) is 0 Å². The summed E-state index contributed by atoms with van der Waals surface area (Å²) in [5, 5.41) is 27.9. The predicted molar refractivity (Wildman–Crippen MR) is 126 cm³/mol. The Labute approximate surface area is 188 Å². The maximum absolute atomic E-state index is 9.82. The lowest BCUT2D eigenvalue weighted by atomic mass is 10.1. The monoisotopic (exact) mass is 442 g/mol. The molecule has 0 aromatic carbocycles. The summed E-state index contributed by atoms with van der Waals surface area (Å²) < 4.78 is 5.92. The molecule has 0 bridgehead atoms. The predicted octanol–water partition coefficient (Wildman–Crippen LogP) is -0.157. The molecule has 9 nitrogen and oxygen atoms in total. The molecule has 3 rings (SSSR count). The summed E-state index contributed by atoms with van der Waals surface area (Å²) >= 11 is 0. The summed E-state index contributed by atoms with van der Waals surface area (Å²) in [4.78, 5) is 8.17. The van der Waals surface area contributed by atoms with Crippen molar-refractivity contribution in [2.45, 2.75) is 38.5 Å². The van der Waals surface area contributed by atoms with Gasteiger partial charge in [-0.25, -0.2) is 4.99 Å². The second-order valence-electron chi connectivity index (χ2n) is 8.45. The zero-order valence-electron chi connectivity index (χ0n) is 18.9. The van der Waals surface area contributed by atoms with Crippen molar-refractivity contribution in [3.8, 4) is 0 Å². The van der Waals surface area contributed by atoms with Gasteiger partial charge < -0.3 is 25.6 Å². The molecule has 32 heavy (non-hydrogen) atoms. The van der Waals surface area contributed by atoms with Crippen molar-refractivity contribution in [2.75, 3.05) is 32.8 Å². The highest BCUT2D eigenvalue weighted by molar-refractivity contribution is 5.71. The molecule has 174 valence electrons. The maximum Gasteiger partial charge on any atom is 0.130 e. The molecule has 1 aliphatic heterocycles. The van der Waals surface area contributed by atoms with E-state index in [1.165, 1.54) is 6.34 Å². The van der Waals surface area contributed by atoms with Crippen LogP contribution in [0.5, 0.6) is 0 Å². The zero-order valence-corrected chi connectivity index (χ0v) is 18.9. The van der Waals surface area contributed by atoms with Gasteiger partial charge in [0.15, 0.2) is 0 Å². The number of nitrogens with one attached hydrogen (secondary N) is 1. The van der Waals surface area contributed by atoms with Crippen LogP contribution in [-0.4, -0.2) is 81.2 Å². The average Bonchev–Trinajstić information content (AvgIpc) is 3.38. The molecule has 1 aliphatic carbocycles. The molecule has 0 radical (unpaired) electrons. The lowest BCUT2D eigenvalue weighted by Gasteiger charge is -2.37. The van der Waals surface area contributed by atoms with Crippen molar-refractivity contribution in [3.63, 3.8) is 0 Å². The second-order valence-corrected chi connectivity index (χ2v) is 8.45. The first kappa shape index (κ1) is 23.8. The van der Waals surface area contributed by atoms with Gasteiger partial charge in [0, 0.05) is 31.4 Å². The Bertz CT molecular complexity index is 1010. The van der Waals surface area contributed by atoms with E-state index in [1.54, 1.807) is 0 Å². The van der Waals surface area contributed by atoms with E-state index < -0.39 is 6.23 Å². The number of aromatic nitrogens is 2. The summed E-state index contributed by atoms with van der Waals surface area (Å²) in [6, 6.07) is 0. The van der Waals surface area contributed by atoms with Gasteiger partial charge in [-0.2, -0.15) is 5.10 Å². The Morgan fingerprint density at radius 1 is 1.38 bits per heavy atom. The summed E-state index contributed by atoms with van der Waals surface area (Å²) in [5.41, 5.74) is 6.86. The maximum atomic E-state index is 9.82. The van der Waals surface area contributed by atoms with Gasteiger partial charge in [0.25, 0.3) is 0 Å². The van der Waals surface area contributed by atoms with E-state index in [1.807, 2.05) is 30.1 Å². The van der Waals surface area contributed by atoms with E-state index in [4.69, 9.17) is 15.6 Å². The fourth-order valence-corrected chi connectivity index (χ4v) is 3.56. The van der Waals surface area contributed by atoms with Gasteiger partial charge in [0.1, 0.15) is 17.6 Å². The van der Waals surface area contributed by atoms with Crippen LogP contribution in [0.15, 0.2) is 35.3 Å². The molecule has 2 fully saturated rings. The quantitative estimate of drug-likeness (QED) is 0.181. The van der Waals surface area contributed by atoms with E-state index in [9.17, 15) is 5.11 Å². The van der Waals surface area contributed by atoms with Crippen LogP contribution in [0.4, 0.5) is 0 Å². The van der Waals surface area contributed by atoms with Gasteiger partial charge in [0.05, 0.1) is 29.7 Å². The normalized spacial score (nSPS) is 21.2. The number of allylic oxidation sites excluding steroid dienone is 4. The van der Waals surface area contributed by atoms with Crippen LogP contribution in [0.1, 0.15) is 32.4 Å². The Hall–Kier alpha value is -2.88.